The fourth-order valence-corrected chi connectivity index (χ4v) is 6.20. The molecule has 1 fully saturated rings. The minimum absolute atomic E-state index is 0.0507. The van der Waals surface area contributed by atoms with Gasteiger partial charge in [-0.05, 0) is 36.6 Å². The van der Waals surface area contributed by atoms with Crippen molar-refractivity contribution in [2.45, 2.75) is 25.2 Å². The van der Waals surface area contributed by atoms with Crippen molar-refractivity contribution in [2.24, 2.45) is 0 Å². The molecular formula is C22H24N4O4S2. The van der Waals surface area contributed by atoms with Crippen molar-refractivity contribution in [1.29, 1.82) is 0 Å². The number of benzene rings is 2. The lowest BCUT2D eigenvalue weighted by Gasteiger charge is -2.33. The number of aryl methyl sites for hydroxylation is 2. The molecule has 1 aliphatic rings. The molecule has 0 unspecified atom stereocenters. The molecule has 0 N–H and O–H groups in total. The highest BCUT2D eigenvalue weighted by atomic mass is 32.2. The number of thiazole rings is 1. The zero-order chi connectivity index (χ0) is 22.9. The number of rotatable bonds is 6. The van der Waals surface area contributed by atoms with E-state index in [0.717, 1.165) is 23.3 Å². The summed E-state index contributed by atoms with van der Waals surface area (Å²) in [6.45, 7) is 5.86. The van der Waals surface area contributed by atoms with Gasteiger partial charge in [-0.25, -0.2) is 13.4 Å². The van der Waals surface area contributed by atoms with Crippen LogP contribution in [0.1, 0.15) is 22.4 Å². The molecule has 0 bridgehead atoms. The highest BCUT2D eigenvalue weighted by Gasteiger charge is 2.30. The normalized spacial score (nSPS) is 15.1. The number of nitro groups is 1. The summed E-state index contributed by atoms with van der Waals surface area (Å²) in [6, 6.07) is 11.5. The van der Waals surface area contributed by atoms with Crippen molar-refractivity contribution < 1.29 is 13.3 Å². The summed E-state index contributed by atoms with van der Waals surface area (Å²) in [4.78, 5) is 17.2. The molecule has 0 atom stereocenters. The van der Waals surface area contributed by atoms with Crippen molar-refractivity contribution in [3.8, 4) is 0 Å². The third-order valence-electron chi connectivity index (χ3n) is 5.72. The fourth-order valence-electron chi connectivity index (χ4n) is 3.86. The van der Waals surface area contributed by atoms with Gasteiger partial charge < -0.3 is 4.90 Å². The molecule has 32 heavy (non-hydrogen) atoms. The molecule has 2 aromatic carbocycles. The summed E-state index contributed by atoms with van der Waals surface area (Å²) in [6.07, 6.45) is 0.774. The Kier molecular flexibility index (Phi) is 6.27. The zero-order valence-corrected chi connectivity index (χ0v) is 19.5. The van der Waals surface area contributed by atoms with Crippen LogP contribution in [0.4, 0.5) is 10.8 Å². The van der Waals surface area contributed by atoms with Gasteiger partial charge in [0, 0.05) is 50.1 Å². The second-order valence-electron chi connectivity index (χ2n) is 7.81. The van der Waals surface area contributed by atoms with Crippen LogP contribution in [0.2, 0.25) is 0 Å². The van der Waals surface area contributed by atoms with Gasteiger partial charge in [0.2, 0.25) is 10.0 Å². The van der Waals surface area contributed by atoms with Crippen molar-refractivity contribution in [3.63, 3.8) is 0 Å². The lowest BCUT2D eigenvalue weighted by atomic mass is 9.99. The van der Waals surface area contributed by atoms with Crippen molar-refractivity contribution in [2.75, 3.05) is 31.1 Å². The number of nitro benzene ring substituents is 1. The van der Waals surface area contributed by atoms with Gasteiger partial charge in [0.1, 0.15) is 0 Å². The van der Waals surface area contributed by atoms with E-state index in [2.05, 4.69) is 42.3 Å². The first kappa shape index (κ1) is 22.4. The maximum Gasteiger partial charge on any atom is 0.270 e. The number of piperazine rings is 1. The average Bonchev–Trinajstić information content (AvgIpc) is 3.25. The predicted molar refractivity (Wildman–Crippen MR) is 125 cm³/mol. The van der Waals surface area contributed by atoms with Crippen LogP contribution in [-0.2, 0) is 16.4 Å². The number of nitrogens with zero attached hydrogens (tertiary/aromatic N) is 4. The van der Waals surface area contributed by atoms with E-state index in [1.807, 2.05) is 0 Å². The van der Waals surface area contributed by atoms with Gasteiger partial charge in [-0.3, -0.25) is 10.1 Å². The highest BCUT2D eigenvalue weighted by molar-refractivity contribution is 7.89. The smallest absolute Gasteiger partial charge is 0.270 e. The Morgan fingerprint density at radius 3 is 2.38 bits per heavy atom. The Labute approximate surface area is 191 Å². The molecule has 0 aliphatic carbocycles. The molecule has 8 nitrogen and oxygen atoms in total. The lowest BCUT2D eigenvalue weighted by molar-refractivity contribution is -0.385. The molecule has 0 saturated carbocycles. The highest BCUT2D eigenvalue weighted by Crippen LogP contribution is 2.27. The fraction of sp³-hybridized carbons (Fsp3) is 0.318. The summed E-state index contributed by atoms with van der Waals surface area (Å²) in [5.41, 5.74) is 4.56. The second kappa shape index (κ2) is 8.97. The van der Waals surface area contributed by atoms with Crippen LogP contribution in [-0.4, -0.2) is 48.8 Å². The number of hydrogen-bond donors (Lipinski definition) is 0. The molecule has 168 valence electrons. The van der Waals surface area contributed by atoms with E-state index in [0.29, 0.717) is 26.2 Å². The van der Waals surface area contributed by atoms with Crippen LogP contribution < -0.4 is 4.90 Å². The molecule has 0 amide bonds. The minimum atomic E-state index is -3.78. The predicted octanol–water partition coefficient (Wildman–Crippen LogP) is 3.77. The molecule has 2 heterocycles. The number of aromatic nitrogens is 1. The van der Waals surface area contributed by atoms with E-state index in [1.54, 1.807) is 11.3 Å². The standard InChI is InChI=1S/C22H24N4O4S2/c1-16-5-3-6-17(2)21(16)13-18-15-31-22(23-18)24-9-11-25(12-10-24)32(29,30)20-8-4-7-19(14-20)26(27)28/h3-8,14-15H,9-13H2,1-2H3. The van der Waals surface area contributed by atoms with Crippen molar-refractivity contribution >= 4 is 32.2 Å². The molecular weight excluding hydrogens is 448 g/mol. The van der Waals surface area contributed by atoms with Crippen molar-refractivity contribution in [3.05, 3.63) is 80.3 Å². The minimum Gasteiger partial charge on any atom is -0.345 e. The Balaban J connectivity index is 1.43. The second-order valence-corrected chi connectivity index (χ2v) is 10.6. The number of non-ortho nitro benzene ring substituents is 1. The van der Waals surface area contributed by atoms with E-state index < -0.39 is 14.9 Å². The molecule has 4 rings (SSSR count). The quantitative estimate of drug-likeness (QED) is 0.400. The van der Waals surface area contributed by atoms with Gasteiger partial charge in [-0.15, -0.1) is 11.3 Å². The van der Waals surface area contributed by atoms with Gasteiger partial charge in [-0.1, -0.05) is 24.3 Å². The van der Waals surface area contributed by atoms with Crippen LogP contribution in [0, 0.1) is 24.0 Å². The molecule has 0 spiro atoms. The number of anilines is 1. The largest absolute Gasteiger partial charge is 0.345 e. The molecule has 1 aliphatic heterocycles. The van der Waals surface area contributed by atoms with E-state index in [1.165, 1.54) is 39.2 Å². The topological polar surface area (TPSA) is 96.7 Å². The van der Waals surface area contributed by atoms with Crippen LogP contribution in [0.25, 0.3) is 0 Å². The average molecular weight is 473 g/mol. The summed E-state index contributed by atoms with van der Waals surface area (Å²) in [5, 5.41) is 13.9. The number of hydrogen-bond acceptors (Lipinski definition) is 7. The van der Waals surface area contributed by atoms with E-state index >= 15 is 0 Å². The molecule has 10 heteroatoms. The molecule has 3 aromatic rings. The van der Waals surface area contributed by atoms with E-state index in [4.69, 9.17) is 4.98 Å². The summed E-state index contributed by atoms with van der Waals surface area (Å²) < 4.78 is 27.3. The van der Waals surface area contributed by atoms with Gasteiger partial charge in [0.05, 0.1) is 15.5 Å². The number of sulfonamides is 1. The molecule has 0 radical (unpaired) electrons. The van der Waals surface area contributed by atoms with Crippen molar-refractivity contribution in [1.82, 2.24) is 9.29 Å². The Hall–Kier alpha value is -2.82. The Morgan fingerprint density at radius 1 is 1.06 bits per heavy atom. The molecule has 1 aromatic heterocycles. The molecule has 1 saturated heterocycles. The van der Waals surface area contributed by atoms with E-state index in [-0.39, 0.29) is 10.6 Å². The third kappa shape index (κ3) is 4.52. The van der Waals surface area contributed by atoms with Crippen LogP contribution in [0.3, 0.4) is 0 Å². The van der Waals surface area contributed by atoms with Crippen LogP contribution in [0.5, 0.6) is 0 Å². The summed E-state index contributed by atoms with van der Waals surface area (Å²) in [5.74, 6) is 0. The monoisotopic (exact) mass is 472 g/mol. The summed E-state index contributed by atoms with van der Waals surface area (Å²) >= 11 is 1.57. The van der Waals surface area contributed by atoms with Gasteiger partial charge in [0.25, 0.3) is 5.69 Å². The summed E-state index contributed by atoms with van der Waals surface area (Å²) in [7, 11) is -3.78. The Morgan fingerprint density at radius 2 is 1.72 bits per heavy atom. The van der Waals surface area contributed by atoms with Crippen LogP contribution in [0.15, 0.2) is 52.7 Å². The van der Waals surface area contributed by atoms with E-state index in [9.17, 15) is 18.5 Å². The van der Waals surface area contributed by atoms with Gasteiger partial charge >= 0.3 is 0 Å². The SMILES string of the molecule is Cc1cccc(C)c1Cc1csc(N2CCN(S(=O)(=O)c3cccc([N+](=O)[O-])c3)CC2)n1. The van der Waals surface area contributed by atoms with Gasteiger partial charge in [-0.2, -0.15) is 4.31 Å². The lowest BCUT2D eigenvalue weighted by Crippen LogP contribution is -2.48. The first-order chi connectivity index (χ1) is 15.3. The first-order valence-corrected chi connectivity index (χ1v) is 12.6. The van der Waals surface area contributed by atoms with Crippen LogP contribution >= 0.6 is 11.3 Å². The maximum atomic E-state index is 12.9. The zero-order valence-electron chi connectivity index (χ0n) is 17.9. The first-order valence-electron chi connectivity index (χ1n) is 10.2. The maximum absolute atomic E-state index is 12.9. The third-order valence-corrected chi connectivity index (χ3v) is 8.56. The Bertz CT molecular complexity index is 1230. The van der Waals surface area contributed by atoms with Gasteiger partial charge in [0.15, 0.2) is 5.13 Å².